The highest BCUT2D eigenvalue weighted by molar-refractivity contribution is 7.22. The standard InChI is InChI=1S/C20H21N3O3S/c1-13(24)22-20-23-17-8-6-14(11-18(17)27-20)7-9-19(25)21-12-15-4-3-5-16(10-15)26-2/h3-6,8,10-11H,7,9,12H2,1-2H3,(H,21,25)(H,22,23,24). The molecule has 2 amide bonds. The minimum absolute atomic E-state index is 0.00107. The van der Waals surface area contributed by atoms with E-state index in [1.54, 1.807) is 7.11 Å². The van der Waals surface area contributed by atoms with Gasteiger partial charge in [-0.25, -0.2) is 4.98 Å². The third-order valence-corrected chi connectivity index (χ3v) is 4.93. The minimum atomic E-state index is -0.137. The second-order valence-electron chi connectivity index (χ2n) is 6.13. The van der Waals surface area contributed by atoms with Crippen molar-refractivity contribution in [2.45, 2.75) is 26.3 Å². The maximum absolute atomic E-state index is 12.1. The fraction of sp³-hybridized carbons (Fsp3) is 0.250. The number of amides is 2. The van der Waals surface area contributed by atoms with Crippen molar-refractivity contribution in [3.05, 3.63) is 53.6 Å². The summed E-state index contributed by atoms with van der Waals surface area (Å²) < 4.78 is 6.18. The fourth-order valence-electron chi connectivity index (χ4n) is 2.66. The van der Waals surface area contributed by atoms with Gasteiger partial charge in [-0.15, -0.1) is 0 Å². The predicted molar refractivity (Wildman–Crippen MR) is 107 cm³/mol. The summed E-state index contributed by atoms with van der Waals surface area (Å²) in [4.78, 5) is 27.6. The molecule has 2 N–H and O–H groups in total. The van der Waals surface area contributed by atoms with Crippen LogP contribution in [0.2, 0.25) is 0 Å². The molecule has 0 spiro atoms. The van der Waals surface area contributed by atoms with Gasteiger partial charge in [-0.2, -0.15) is 0 Å². The first-order valence-electron chi connectivity index (χ1n) is 8.60. The summed E-state index contributed by atoms with van der Waals surface area (Å²) in [6, 6.07) is 13.5. The second-order valence-corrected chi connectivity index (χ2v) is 7.16. The molecule has 0 bridgehead atoms. The van der Waals surface area contributed by atoms with E-state index in [0.29, 0.717) is 24.5 Å². The summed E-state index contributed by atoms with van der Waals surface area (Å²) in [5.41, 5.74) is 2.91. The van der Waals surface area contributed by atoms with Gasteiger partial charge in [-0.1, -0.05) is 29.5 Å². The number of anilines is 1. The van der Waals surface area contributed by atoms with Crippen LogP contribution in [-0.2, 0) is 22.6 Å². The molecule has 140 valence electrons. The molecular formula is C20H21N3O3S. The van der Waals surface area contributed by atoms with E-state index in [4.69, 9.17) is 4.74 Å². The van der Waals surface area contributed by atoms with Crippen LogP contribution in [0.5, 0.6) is 5.75 Å². The van der Waals surface area contributed by atoms with E-state index in [0.717, 1.165) is 27.1 Å². The van der Waals surface area contributed by atoms with Crippen molar-refractivity contribution in [2.75, 3.05) is 12.4 Å². The summed E-state index contributed by atoms with van der Waals surface area (Å²) in [6.07, 6.45) is 1.06. The number of aromatic nitrogens is 1. The summed E-state index contributed by atoms with van der Waals surface area (Å²) in [5, 5.41) is 6.22. The Bertz CT molecular complexity index is 968. The van der Waals surface area contributed by atoms with E-state index >= 15 is 0 Å². The molecule has 7 heteroatoms. The van der Waals surface area contributed by atoms with Crippen molar-refractivity contribution in [2.24, 2.45) is 0 Å². The molecule has 0 saturated carbocycles. The van der Waals surface area contributed by atoms with Gasteiger partial charge in [-0.3, -0.25) is 9.59 Å². The van der Waals surface area contributed by atoms with E-state index in [-0.39, 0.29) is 11.8 Å². The van der Waals surface area contributed by atoms with E-state index in [2.05, 4.69) is 15.6 Å². The van der Waals surface area contributed by atoms with Gasteiger partial charge >= 0.3 is 0 Å². The largest absolute Gasteiger partial charge is 0.497 e. The Hall–Kier alpha value is -2.93. The van der Waals surface area contributed by atoms with Crippen LogP contribution in [0.15, 0.2) is 42.5 Å². The van der Waals surface area contributed by atoms with E-state index in [1.165, 1.54) is 18.3 Å². The third kappa shape index (κ3) is 5.27. The highest BCUT2D eigenvalue weighted by atomic mass is 32.1. The van der Waals surface area contributed by atoms with Crippen LogP contribution >= 0.6 is 11.3 Å². The first-order chi connectivity index (χ1) is 13.0. The monoisotopic (exact) mass is 383 g/mol. The molecule has 0 aliphatic carbocycles. The summed E-state index contributed by atoms with van der Waals surface area (Å²) in [7, 11) is 1.62. The molecule has 0 aliphatic heterocycles. The lowest BCUT2D eigenvalue weighted by Crippen LogP contribution is -2.22. The molecule has 1 aromatic heterocycles. The molecule has 0 fully saturated rings. The maximum Gasteiger partial charge on any atom is 0.223 e. The van der Waals surface area contributed by atoms with Crippen molar-refractivity contribution in [3.8, 4) is 5.75 Å². The van der Waals surface area contributed by atoms with Gasteiger partial charge in [0.25, 0.3) is 0 Å². The number of rotatable bonds is 7. The molecule has 6 nitrogen and oxygen atoms in total. The Balaban J connectivity index is 1.54. The average Bonchev–Trinajstić information content (AvgIpc) is 3.05. The van der Waals surface area contributed by atoms with Crippen LogP contribution in [0.3, 0.4) is 0 Å². The van der Waals surface area contributed by atoms with Crippen LogP contribution in [-0.4, -0.2) is 23.9 Å². The van der Waals surface area contributed by atoms with Crippen molar-refractivity contribution in [3.63, 3.8) is 0 Å². The molecule has 1 heterocycles. The van der Waals surface area contributed by atoms with E-state index in [9.17, 15) is 9.59 Å². The molecule has 0 radical (unpaired) electrons. The second kappa shape index (κ2) is 8.64. The van der Waals surface area contributed by atoms with Gasteiger partial charge in [-0.05, 0) is 41.8 Å². The van der Waals surface area contributed by atoms with Crippen molar-refractivity contribution in [1.82, 2.24) is 10.3 Å². The molecule has 0 unspecified atom stereocenters. The van der Waals surface area contributed by atoms with Gasteiger partial charge < -0.3 is 15.4 Å². The number of carbonyl (C=O) groups is 2. The van der Waals surface area contributed by atoms with Crippen LogP contribution in [0.4, 0.5) is 5.13 Å². The first-order valence-corrected chi connectivity index (χ1v) is 9.42. The number of hydrogen-bond acceptors (Lipinski definition) is 5. The highest BCUT2D eigenvalue weighted by Crippen LogP contribution is 2.27. The predicted octanol–water partition coefficient (Wildman–Crippen LogP) is 3.51. The first kappa shape index (κ1) is 18.8. The van der Waals surface area contributed by atoms with Crippen LogP contribution in [0, 0.1) is 0 Å². The Morgan fingerprint density at radius 2 is 2.00 bits per heavy atom. The van der Waals surface area contributed by atoms with Gasteiger partial charge in [0.05, 0.1) is 17.3 Å². The fourth-order valence-corrected chi connectivity index (χ4v) is 3.63. The summed E-state index contributed by atoms with van der Waals surface area (Å²) in [5.74, 6) is 0.640. The van der Waals surface area contributed by atoms with Crippen LogP contribution in [0.1, 0.15) is 24.5 Å². The Labute approximate surface area is 161 Å². The zero-order valence-corrected chi connectivity index (χ0v) is 16.1. The molecule has 0 atom stereocenters. The number of thiazole rings is 1. The van der Waals surface area contributed by atoms with E-state index in [1.807, 2.05) is 42.5 Å². The van der Waals surface area contributed by atoms with Gasteiger partial charge in [0.15, 0.2) is 5.13 Å². The van der Waals surface area contributed by atoms with Gasteiger partial charge in [0.1, 0.15) is 5.75 Å². The lowest BCUT2D eigenvalue weighted by Gasteiger charge is -2.07. The lowest BCUT2D eigenvalue weighted by atomic mass is 10.1. The quantitative estimate of drug-likeness (QED) is 0.654. The van der Waals surface area contributed by atoms with Crippen molar-refractivity contribution >= 4 is 38.5 Å². The number of nitrogens with zero attached hydrogens (tertiary/aromatic N) is 1. The molecule has 0 aliphatic rings. The number of benzene rings is 2. The minimum Gasteiger partial charge on any atom is -0.497 e. The molecule has 3 aromatic rings. The molecule has 27 heavy (non-hydrogen) atoms. The summed E-state index contributed by atoms with van der Waals surface area (Å²) in [6.45, 7) is 1.94. The van der Waals surface area contributed by atoms with Crippen molar-refractivity contribution < 1.29 is 14.3 Å². The topological polar surface area (TPSA) is 80.3 Å². The number of aryl methyl sites for hydroxylation is 1. The number of fused-ring (bicyclic) bond motifs is 1. The number of hydrogen-bond donors (Lipinski definition) is 2. The van der Waals surface area contributed by atoms with Crippen LogP contribution < -0.4 is 15.4 Å². The number of nitrogens with one attached hydrogen (secondary N) is 2. The zero-order valence-electron chi connectivity index (χ0n) is 15.2. The molecule has 3 rings (SSSR count). The zero-order chi connectivity index (χ0) is 19.2. The van der Waals surface area contributed by atoms with E-state index < -0.39 is 0 Å². The molecule has 0 saturated heterocycles. The van der Waals surface area contributed by atoms with Crippen LogP contribution in [0.25, 0.3) is 10.2 Å². The number of ether oxygens (including phenoxy) is 1. The lowest BCUT2D eigenvalue weighted by molar-refractivity contribution is -0.121. The van der Waals surface area contributed by atoms with Gasteiger partial charge in [0.2, 0.25) is 11.8 Å². The Kier molecular flexibility index (Phi) is 6.03. The SMILES string of the molecule is COc1cccc(CNC(=O)CCc2ccc3nc(NC(C)=O)sc3c2)c1. The summed E-state index contributed by atoms with van der Waals surface area (Å²) >= 11 is 1.43. The van der Waals surface area contributed by atoms with Gasteiger partial charge in [0, 0.05) is 19.9 Å². The number of carbonyl (C=O) groups excluding carboxylic acids is 2. The highest BCUT2D eigenvalue weighted by Gasteiger charge is 2.08. The number of methoxy groups -OCH3 is 1. The third-order valence-electron chi connectivity index (χ3n) is 4.00. The maximum atomic E-state index is 12.1. The Morgan fingerprint density at radius 1 is 1.15 bits per heavy atom. The smallest absolute Gasteiger partial charge is 0.223 e. The normalized spacial score (nSPS) is 10.6. The Morgan fingerprint density at radius 3 is 2.78 bits per heavy atom. The molecule has 2 aromatic carbocycles. The molecular weight excluding hydrogens is 362 g/mol. The average molecular weight is 383 g/mol. The van der Waals surface area contributed by atoms with Crippen molar-refractivity contribution in [1.29, 1.82) is 0 Å².